The van der Waals surface area contributed by atoms with E-state index >= 15 is 0 Å². The number of nitro groups is 1. The van der Waals surface area contributed by atoms with Gasteiger partial charge in [0.25, 0.3) is 11.6 Å². The summed E-state index contributed by atoms with van der Waals surface area (Å²) in [6, 6.07) is 3.77. The van der Waals surface area contributed by atoms with E-state index in [1.807, 2.05) is 0 Å². The number of aliphatic carboxylic acids is 1. The van der Waals surface area contributed by atoms with Crippen LogP contribution in [0.4, 0.5) is 5.69 Å². The second-order valence-electron chi connectivity index (χ2n) is 5.44. The van der Waals surface area contributed by atoms with Gasteiger partial charge in [0.05, 0.1) is 11.5 Å². The van der Waals surface area contributed by atoms with Crippen LogP contribution in [0.5, 0.6) is 0 Å². The Kier molecular flexibility index (Phi) is 4.15. The number of carboxylic acids is 1. The van der Waals surface area contributed by atoms with Gasteiger partial charge in [0.1, 0.15) is 18.3 Å². The number of aromatic nitrogens is 3. The third-order valence-corrected chi connectivity index (χ3v) is 3.88. The molecule has 1 unspecified atom stereocenters. The zero-order chi connectivity index (χ0) is 18.0. The summed E-state index contributed by atoms with van der Waals surface area (Å²) < 4.78 is 6.26. The summed E-state index contributed by atoms with van der Waals surface area (Å²) in [5.74, 6) is -1.95. The first-order valence-corrected chi connectivity index (χ1v) is 7.20. The van der Waals surface area contributed by atoms with Crippen molar-refractivity contribution >= 4 is 17.6 Å². The van der Waals surface area contributed by atoms with Crippen LogP contribution in [-0.2, 0) is 9.53 Å². The number of carboxylic acid groups (broad SMARTS) is 1. The topological polar surface area (TPSA) is 149 Å². The van der Waals surface area contributed by atoms with Crippen LogP contribution in [0.3, 0.4) is 0 Å². The lowest BCUT2D eigenvalue weighted by atomic mass is 9.98. The van der Waals surface area contributed by atoms with Crippen LogP contribution in [0.2, 0.25) is 0 Å². The third kappa shape index (κ3) is 3.04. The van der Waals surface area contributed by atoms with Gasteiger partial charge < -0.3 is 15.2 Å². The molecule has 0 radical (unpaired) electrons. The van der Waals surface area contributed by atoms with Gasteiger partial charge in [0.15, 0.2) is 5.54 Å². The fourth-order valence-electron chi connectivity index (χ4n) is 2.51. The average molecular weight is 347 g/mol. The van der Waals surface area contributed by atoms with E-state index in [0.29, 0.717) is 0 Å². The summed E-state index contributed by atoms with van der Waals surface area (Å²) in [6.07, 6.45) is 2.63. The smallest absolute Gasteiger partial charge is 0.331 e. The molecule has 2 aromatic rings. The Morgan fingerprint density at radius 3 is 2.80 bits per heavy atom. The Labute approximate surface area is 140 Å². The normalized spacial score (nSPS) is 19.5. The van der Waals surface area contributed by atoms with Crippen LogP contribution in [0.25, 0.3) is 5.69 Å². The largest absolute Gasteiger partial charge is 0.479 e. The molecule has 1 fully saturated rings. The van der Waals surface area contributed by atoms with Crippen LogP contribution in [-0.4, -0.2) is 55.4 Å². The van der Waals surface area contributed by atoms with E-state index in [9.17, 15) is 24.8 Å². The molecule has 2 N–H and O–H groups in total. The summed E-state index contributed by atoms with van der Waals surface area (Å²) in [6.45, 7) is 0.0468. The molecule has 0 spiro atoms. The summed E-state index contributed by atoms with van der Waals surface area (Å²) in [4.78, 5) is 38.2. The minimum Gasteiger partial charge on any atom is -0.479 e. The zero-order valence-corrected chi connectivity index (χ0v) is 12.8. The number of ether oxygens (including phenoxy) is 1. The number of hydrogen-bond donors (Lipinski definition) is 2. The Bertz CT molecular complexity index is 828. The van der Waals surface area contributed by atoms with Crippen molar-refractivity contribution in [1.82, 2.24) is 20.1 Å². The Hall–Kier alpha value is -3.34. The number of nitrogens with one attached hydrogen (secondary N) is 1. The van der Waals surface area contributed by atoms with Crippen LogP contribution < -0.4 is 5.32 Å². The maximum atomic E-state index is 12.4. The van der Waals surface area contributed by atoms with Crippen molar-refractivity contribution in [3.63, 3.8) is 0 Å². The van der Waals surface area contributed by atoms with Crippen molar-refractivity contribution in [2.24, 2.45) is 0 Å². The summed E-state index contributed by atoms with van der Waals surface area (Å²) >= 11 is 0. The third-order valence-electron chi connectivity index (χ3n) is 3.88. The Morgan fingerprint density at radius 2 is 2.24 bits per heavy atom. The van der Waals surface area contributed by atoms with Crippen molar-refractivity contribution in [1.29, 1.82) is 0 Å². The number of carbonyl (C=O) groups is 2. The van der Waals surface area contributed by atoms with Crippen LogP contribution >= 0.6 is 0 Å². The maximum Gasteiger partial charge on any atom is 0.331 e. The fraction of sp³-hybridized carbons (Fsp3) is 0.286. The highest BCUT2D eigenvalue weighted by molar-refractivity contribution is 5.98. The molecule has 1 atom stereocenters. The SMILES string of the molecule is O=C(NC1(C(=O)O)CCOC1)c1ccc(-n2cncn2)c([N+](=O)[O-])c1. The van der Waals surface area contributed by atoms with Gasteiger partial charge in [-0.2, -0.15) is 5.10 Å². The second kappa shape index (κ2) is 6.28. The molecule has 11 nitrogen and oxygen atoms in total. The minimum absolute atomic E-state index is 0.0388. The molecule has 1 aliphatic rings. The van der Waals surface area contributed by atoms with Crippen molar-refractivity contribution < 1.29 is 24.4 Å². The van der Waals surface area contributed by atoms with E-state index in [1.165, 1.54) is 29.5 Å². The highest BCUT2D eigenvalue weighted by atomic mass is 16.6. The maximum absolute atomic E-state index is 12.4. The average Bonchev–Trinajstić information content (AvgIpc) is 3.26. The number of benzene rings is 1. The van der Waals surface area contributed by atoms with Gasteiger partial charge in [-0.25, -0.2) is 14.5 Å². The van der Waals surface area contributed by atoms with Gasteiger partial charge in [-0.15, -0.1) is 0 Å². The fourth-order valence-corrected chi connectivity index (χ4v) is 2.51. The molecule has 1 aliphatic heterocycles. The molecular weight excluding hydrogens is 334 g/mol. The number of hydrogen-bond acceptors (Lipinski definition) is 7. The Morgan fingerprint density at radius 1 is 1.44 bits per heavy atom. The van der Waals surface area contributed by atoms with Gasteiger partial charge in [0.2, 0.25) is 0 Å². The molecule has 3 rings (SSSR count). The second-order valence-corrected chi connectivity index (χ2v) is 5.44. The predicted molar refractivity (Wildman–Crippen MR) is 81.3 cm³/mol. The van der Waals surface area contributed by atoms with E-state index in [4.69, 9.17) is 4.74 Å². The number of carbonyl (C=O) groups excluding carboxylic acids is 1. The molecule has 130 valence electrons. The van der Waals surface area contributed by atoms with Crippen molar-refractivity contribution in [3.05, 3.63) is 46.5 Å². The molecule has 25 heavy (non-hydrogen) atoms. The molecule has 1 aromatic carbocycles. The lowest BCUT2D eigenvalue weighted by molar-refractivity contribution is -0.384. The molecule has 1 saturated heterocycles. The summed E-state index contributed by atoms with van der Waals surface area (Å²) in [7, 11) is 0. The monoisotopic (exact) mass is 347 g/mol. The molecule has 11 heteroatoms. The first-order valence-electron chi connectivity index (χ1n) is 7.20. The van der Waals surface area contributed by atoms with Crippen molar-refractivity contribution in [3.8, 4) is 5.69 Å². The van der Waals surface area contributed by atoms with Gasteiger partial charge in [-0.05, 0) is 12.1 Å². The van der Waals surface area contributed by atoms with Gasteiger partial charge >= 0.3 is 5.97 Å². The summed E-state index contributed by atoms with van der Waals surface area (Å²) in [5, 5.41) is 26.9. The molecule has 1 amide bonds. The lowest BCUT2D eigenvalue weighted by Crippen LogP contribution is -2.55. The van der Waals surface area contributed by atoms with E-state index in [-0.39, 0.29) is 36.6 Å². The molecule has 1 aromatic heterocycles. The first kappa shape index (κ1) is 16.5. The van der Waals surface area contributed by atoms with Gasteiger partial charge in [0, 0.05) is 24.7 Å². The highest BCUT2D eigenvalue weighted by Crippen LogP contribution is 2.25. The quantitative estimate of drug-likeness (QED) is 0.573. The number of rotatable bonds is 5. The molecule has 0 aliphatic carbocycles. The van der Waals surface area contributed by atoms with Crippen LogP contribution in [0.15, 0.2) is 30.9 Å². The van der Waals surface area contributed by atoms with E-state index in [2.05, 4.69) is 15.4 Å². The number of nitrogens with zero attached hydrogens (tertiary/aromatic N) is 4. The van der Waals surface area contributed by atoms with E-state index < -0.39 is 22.3 Å². The summed E-state index contributed by atoms with van der Waals surface area (Å²) in [5.41, 5.74) is -1.79. The minimum atomic E-state index is -1.53. The highest BCUT2D eigenvalue weighted by Gasteiger charge is 2.44. The standard InChI is InChI=1S/C14H13N5O6/c20-12(17-14(13(21)22)3-4-25-6-14)9-1-2-10(11(5-9)19(23)24)18-8-15-7-16-18/h1-2,5,7-8H,3-4,6H2,(H,17,20)(H,21,22). The molecule has 0 saturated carbocycles. The van der Waals surface area contributed by atoms with Crippen molar-refractivity contribution in [2.45, 2.75) is 12.0 Å². The Balaban J connectivity index is 1.92. The van der Waals surface area contributed by atoms with Gasteiger partial charge in [-0.1, -0.05) is 0 Å². The van der Waals surface area contributed by atoms with E-state index in [1.54, 1.807) is 0 Å². The van der Waals surface area contributed by atoms with Crippen LogP contribution in [0.1, 0.15) is 16.8 Å². The van der Waals surface area contributed by atoms with E-state index in [0.717, 1.165) is 6.07 Å². The van der Waals surface area contributed by atoms with Gasteiger partial charge in [-0.3, -0.25) is 14.9 Å². The predicted octanol–water partition coefficient (Wildman–Crippen LogP) is 0.149. The van der Waals surface area contributed by atoms with Crippen LogP contribution in [0, 0.1) is 10.1 Å². The number of nitro benzene ring substituents is 1. The first-order chi connectivity index (χ1) is 11.9. The van der Waals surface area contributed by atoms with Crippen molar-refractivity contribution in [2.75, 3.05) is 13.2 Å². The molecular formula is C14H13N5O6. The molecule has 2 heterocycles. The lowest BCUT2D eigenvalue weighted by Gasteiger charge is -2.23. The zero-order valence-electron chi connectivity index (χ0n) is 12.8. The molecule has 0 bridgehead atoms. The number of amides is 1.